The summed E-state index contributed by atoms with van der Waals surface area (Å²) < 4.78 is 0. The topological polar surface area (TPSA) is 26.0 Å². The van der Waals surface area contributed by atoms with Crippen LogP contribution in [0.3, 0.4) is 0 Å². The molecule has 0 atom stereocenters. The van der Waals surface area contributed by atoms with E-state index in [-0.39, 0.29) is 0 Å². The van der Waals surface area contributed by atoms with Gasteiger partial charge in [0.25, 0.3) is 0 Å². The fourth-order valence-corrected chi connectivity index (χ4v) is 1.52. The van der Waals surface area contributed by atoms with Crippen LogP contribution in [0.15, 0.2) is 29.8 Å². The van der Waals surface area contributed by atoms with Crippen LogP contribution in [0.5, 0.6) is 0 Å². The number of hydrogen-bond donors (Lipinski definition) is 1. The van der Waals surface area contributed by atoms with Gasteiger partial charge in [0.05, 0.1) is 0 Å². The summed E-state index contributed by atoms with van der Waals surface area (Å²) in [4.78, 5) is 0. The Morgan fingerprint density at radius 3 is 2.27 bits per heavy atom. The average molecular weight is 203 g/mol. The molecule has 1 aromatic rings. The molecule has 0 heterocycles. The molecule has 0 spiro atoms. The van der Waals surface area contributed by atoms with Crippen LogP contribution in [-0.4, -0.2) is 6.54 Å². The van der Waals surface area contributed by atoms with Gasteiger partial charge < -0.3 is 5.73 Å². The van der Waals surface area contributed by atoms with Crippen molar-refractivity contribution >= 4 is 6.08 Å². The summed E-state index contributed by atoms with van der Waals surface area (Å²) >= 11 is 0. The molecule has 1 aromatic carbocycles. The minimum atomic E-state index is 0.529. The first-order chi connectivity index (χ1) is 7.17. The van der Waals surface area contributed by atoms with Gasteiger partial charge in [0, 0.05) is 6.54 Å². The van der Waals surface area contributed by atoms with Crippen LogP contribution in [0, 0.1) is 5.92 Å². The Hall–Kier alpha value is -1.08. The smallest absolute Gasteiger partial charge is 0.0142 e. The highest BCUT2D eigenvalue weighted by atomic mass is 14.5. The fourth-order valence-electron chi connectivity index (χ4n) is 1.52. The Morgan fingerprint density at radius 1 is 1.27 bits per heavy atom. The molecule has 1 rings (SSSR count). The maximum absolute atomic E-state index is 5.71. The van der Waals surface area contributed by atoms with Gasteiger partial charge in [-0.3, -0.25) is 0 Å². The van der Waals surface area contributed by atoms with Crippen molar-refractivity contribution in [2.45, 2.75) is 27.2 Å². The van der Waals surface area contributed by atoms with Gasteiger partial charge in [-0.25, -0.2) is 0 Å². The minimum Gasteiger partial charge on any atom is -0.327 e. The molecule has 1 heteroatoms. The highest BCUT2D eigenvalue weighted by Crippen LogP contribution is 2.14. The number of nitrogens with two attached hydrogens (primary N) is 1. The van der Waals surface area contributed by atoms with Gasteiger partial charge >= 0.3 is 0 Å². The molecule has 0 bridgehead atoms. The third kappa shape index (κ3) is 3.52. The van der Waals surface area contributed by atoms with Gasteiger partial charge in [0.15, 0.2) is 0 Å². The summed E-state index contributed by atoms with van der Waals surface area (Å²) in [6, 6.07) is 8.69. The van der Waals surface area contributed by atoms with Crippen LogP contribution >= 0.6 is 0 Å². The maximum Gasteiger partial charge on any atom is 0.0142 e. The SMILES string of the molecule is CCc1ccc(C=C(CN)C(C)C)cc1. The maximum atomic E-state index is 5.71. The lowest BCUT2D eigenvalue weighted by atomic mass is 10.00. The predicted molar refractivity (Wildman–Crippen MR) is 67.7 cm³/mol. The molecule has 0 aromatic heterocycles. The molecule has 0 unspecified atom stereocenters. The van der Waals surface area contributed by atoms with E-state index >= 15 is 0 Å². The van der Waals surface area contributed by atoms with Crippen LogP contribution in [0.25, 0.3) is 6.08 Å². The van der Waals surface area contributed by atoms with E-state index in [2.05, 4.69) is 51.1 Å². The van der Waals surface area contributed by atoms with Crippen molar-refractivity contribution in [2.75, 3.05) is 6.54 Å². The number of rotatable bonds is 4. The monoisotopic (exact) mass is 203 g/mol. The van der Waals surface area contributed by atoms with E-state index in [9.17, 15) is 0 Å². The first kappa shape index (κ1) is 12.0. The molecular formula is C14H21N. The number of benzene rings is 1. The highest BCUT2D eigenvalue weighted by Gasteiger charge is 2.00. The van der Waals surface area contributed by atoms with Gasteiger partial charge in [-0.15, -0.1) is 0 Å². The molecule has 0 aliphatic heterocycles. The molecule has 1 nitrogen and oxygen atoms in total. The first-order valence-corrected chi connectivity index (χ1v) is 5.66. The van der Waals surface area contributed by atoms with Crippen molar-refractivity contribution in [3.8, 4) is 0 Å². The van der Waals surface area contributed by atoms with Gasteiger partial charge in [0.2, 0.25) is 0 Å². The summed E-state index contributed by atoms with van der Waals surface area (Å²) in [5.41, 5.74) is 9.65. The van der Waals surface area contributed by atoms with Gasteiger partial charge in [-0.1, -0.05) is 56.7 Å². The molecule has 0 aliphatic carbocycles. The van der Waals surface area contributed by atoms with Crippen molar-refractivity contribution in [1.82, 2.24) is 0 Å². The second kappa shape index (κ2) is 5.72. The Labute approximate surface area is 93.0 Å². The van der Waals surface area contributed by atoms with E-state index in [1.165, 1.54) is 16.7 Å². The Morgan fingerprint density at radius 2 is 1.87 bits per heavy atom. The molecule has 2 N–H and O–H groups in total. The quantitative estimate of drug-likeness (QED) is 0.798. The first-order valence-electron chi connectivity index (χ1n) is 5.66. The van der Waals surface area contributed by atoms with Crippen molar-refractivity contribution in [3.05, 3.63) is 41.0 Å². The average Bonchev–Trinajstić information content (AvgIpc) is 2.26. The summed E-state index contributed by atoms with van der Waals surface area (Å²) in [6.45, 7) is 7.18. The van der Waals surface area contributed by atoms with Gasteiger partial charge in [-0.05, 0) is 23.5 Å². The molecule has 0 fully saturated rings. The largest absolute Gasteiger partial charge is 0.327 e. The molecule has 0 saturated carbocycles. The Kier molecular flexibility index (Phi) is 4.57. The molecule has 15 heavy (non-hydrogen) atoms. The van der Waals surface area contributed by atoms with Gasteiger partial charge in [-0.2, -0.15) is 0 Å². The van der Waals surface area contributed by atoms with E-state index < -0.39 is 0 Å². The van der Waals surface area contributed by atoms with Crippen molar-refractivity contribution in [2.24, 2.45) is 11.7 Å². The summed E-state index contributed by atoms with van der Waals surface area (Å²) in [6.07, 6.45) is 3.29. The molecule has 82 valence electrons. The molecule has 0 saturated heterocycles. The van der Waals surface area contributed by atoms with Crippen LogP contribution in [0.1, 0.15) is 31.9 Å². The lowest BCUT2D eigenvalue weighted by Gasteiger charge is -2.08. The third-order valence-corrected chi connectivity index (χ3v) is 2.72. The molecule has 0 amide bonds. The van der Waals surface area contributed by atoms with Crippen molar-refractivity contribution in [1.29, 1.82) is 0 Å². The second-order valence-electron chi connectivity index (χ2n) is 4.17. The summed E-state index contributed by atoms with van der Waals surface area (Å²) in [5, 5.41) is 0. The zero-order valence-electron chi connectivity index (χ0n) is 9.96. The van der Waals surface area contributed by atoms with Crippen LogP contribution in [0.4, 0.5) is 0 Å². The zero-order chi connectivity index (χ0) is 11.3. The fraction of sp³-hybridized carbons (Fsp3) is 0.429. The van der Waals surface area contributed by atoms with Crippen LogP contribution < -0.4 is 5.73 Å². The van der Waals surface area contributed by atoms with Crippen LogP contribution in [-0.2, 0) is 6.42 Å². The second-order valence-corrected chi connectivity index (χ2v) is 4.17. The van der Waals surface area contributed by atoms with E-state index in [1.807, 2.05) is 0 Å². The standard InChI is InChI=1S/C14H21N/c1-4-12-5-7-13(8-6-12)9-14(10-15)11(2)3/h5-9,11H,4,10,15H2,1-3H3. The number of aryl methyl sites for hydroxylation is 1. The van der Waals surface area contributed by atoms with Crippen LogP contribution in [0.2, 0.25) is 0 Å². The lowest BCUT2D eigenvalue weighted by molar-refractivity contribution is 0.752. The molecule has 0 radical (unpaired) electrons. The summed E-state index contributed by atoms with van der Waals surface area (Å²) in [7, 11) is 0. The predicted octanol–water partition coefficient (Wildman–Crippen LogP) is 3.25. The highest BCUT2D eigenvalue weighted by molar-refractivity contribution is 5.54. The summed E-state index contributed by atoms with van der Waals surface area (Å²) in [5.74, 6) is 0.529. The lowest BCUT2D eigenvalue weighted by Crippen LogP contribution is -2.08. The van der Waals surface area contributed by atoms with E-state index in [1.54, 1.807) is 0 Å². The Bertz CT molecular complexity index is 320. The van der Waals surface area contributed by atoms with E-state index in [4.69, 9.17) is 5.73 Å². The third-order valence-electron chi connectivity index (χ3n) is 2.72. The normalized spacial score (nSPS) is 12.2. The minimum absolute atomic E-state index is 0.529. The van der Waals surface area contributed by atoms with E-state index in [0.29, 0.717) is 12.5 Å². The van der Waals surface area contributed by atoms with E-state index in [0.717, 1.165) is 6.42 Å². The zero-order valence-corrected chi connectivity index (χ0v) is 9.96. The van der Waals surface area contributed by atoms with Crippen molar-refractivity contribution in [3.63, 3.8) is 0 Å². The van der Waals surface area contributed by atoms with Crippen molar-refractivity contribution < 1.29 is 0 Å². The molecule has 0 aliphatic rings. The Balaban J connectivity index is 2.87. The molecular weight excluding hydrogens is 182 g/mol. The van der Waals surface area contributed by atoms with Gasteiger partial charge in [0.1, 0.15) is 0 Å². The number of hydrogen-bond acceptors (Lipinski definition) is 1.